The third kappa shape index (κ3) is 1.95. The second-order valence-corrected chi connectivity index (χ2v) is 3.87. The second-order valence-electron chi connectivity index (χ2n) is 2.09. The van der Waals surface area contributed by atoms with Crippen molar-refractivity contribution in [1.29, 1.82) is 0 Å². The van der Waals surface area contributed by atoms with Gasteiger partial charge in [-0.1, -0.05) is 0 Å². The van der Waals surface area contributed by atoms with Gasteiger partial charge in [0, 0.05) is 0 Å². The van der Waals surface area contributed by atoms with Gasteiger partial charge in [-0.15, -0.1) is 0 Å². The molecule has 0 heterocycles. The number of hydrogen-bond acceptors (Lipinski definition) is 1. The predicted molar refractivity (Wildman–Crippen MR) is 48.8 cm³/mol. The molecule has 1 rings (SSSR count). The minimum atomic E-state index is -1.03. The van der Waals surface area contributed by atoms with E-state index in [1.807, 2.05) is 0 Å². The van der Waals surface area contributed by atoms with Crippen LogP contribution in [0.5, 0.6) is 0 Å². The maximum atomic E-state index is 10.6. The molecule has 0 saturated heterocycles. The van der Waals surface area contributed by atoms with Crippen LogP contribution < -0.4 is 4.35 Å². The monoisotopic (exact) mass is 264 g/mol. The van der Waals surface area contributed by atoms with Gasteiger partial charge in [-0.25, -0.2) is 0 Å². The first-order chi connectivity index (χ1) is 5.52. The van der Waals surface area contributed by atoms with E-state index in [1.165, 1.54) is 12.1 Å². The molecule has 0 aliphatic carbocycles. The molecule has 0 amide bonds. The Morgan fingerprint density at radius 3 is 2.50 bits per heavy atom. The van der Waals surface area contributed by atoms with Crippen molar-refractivity contribution in [2.24, 2.45) is 0 Å². The summed E-state index contributed by atoms with van der Waals surface area (Å²) in [5.74, 6) is -1.03. The summed E-state index contributed by atoms with van der Waals surface area (Å²) in [6.45, 7) is 0. The summed E-state index contributed by atoms with van der Waals surface area (Å²) in [6.07, 6.45) is 0. The van der Waals surface area contributed by atoms with Crippen LogP contribution in [-0.2, 0) is 0 Å². The molecular formula is C7H3AsCl2O2. The second kappa shape index (κ2) is 3.69. The quantitative estimate of drug-likeness (QED) is 0.781. The molecule has 2 radical (unpaired) electrons. The van der Waals surface area contributed by atoms with Crippen molar-refractivity contribution in [2.45, 2.75) is 0 Å². The van der Waals surface area contributed by atoms with Crippen LogP contribution in [0.15, 0.2) is 12.1 Å². The van der Waals surface area contributed by atoms with Crippen LogP contribution in [0.1, 0.15) is 10.4 Å². The average Bonchev–Trinajstić information content (AvgIpc) is 1.96. The molecule has 0 fully saturated rings. The fraction of sp³-hybridized carbons (Fsp3) is 0. The summed E-state index contributed by atoms with van der Waals surface area (Å²) < 4.78 is 0.473. The molecule has 0 aliphatic rings. The molecule has 0 saturated carbocycles. The van der Waals surface area contributed by atoms with E-state index in [0.29, 0.717) is 14.4 Å². The first kappa shape index (κ1) is 9.91. The van der Waals surface area contributed by atoms with Crippen molar-refractivity contribution in [1.82, 2.24) is 0 Å². The molecule has 2 nitrogen and oxygen atoms in total. The molecule has 1 N–H and O–H groups in total. The number of aromatic carboxylic acids is 1. The molecular weight excluding hydrogens is 262 g/mol. The number of carboxylic acid groups (broad SMARTS) is 1. The standard InChI is InChI=1S/C7H3AsCl2O2/c8-6-4(7(11)12)1-3(9)2-5(6)10/h1-2H,(H,11,12). The van der Waals surface area contributed by atoms with Crippen LogP contribution in [0, 0.1) is 0 Å². The summed E-state index contributed by atoms with van der Waals surface area (Å²) in [5, 5.41) is 9.36. The van der Waals surface area contributed by atoms with E-state index in [-0.39, 0.29) is 5.56 Å². The van der Waals surface area contributed by atoms with Crippen molar-refractivity contribution in [3.05, 3.63) is 27.7 Å². The van der Waals surface area contributed by atoms with Crippen LogP contribution in [0.3, 0.4) is 0 Å². The predicted octanol–water partition coefficient (Wildman–Crippen LogP) is 1.49. The Labute approximate surface area is 88.0 Å². The van der Waals surface area contributed by atoms with Gasteiger partial charge in [0.25, 0.3) is 0 Å². The van der Waals surface area contributed by atoms with Gasteiger partial charge in [0.2, 0.25) is 0 Å². The van der Waals surface area contributed by atoms with E-state index in [0.717, 1.165) is 0 Å². The van der Waals surface area contributed by atoms with Crippen molar-refractivity contribution in [3.8, 4) is 0 Å². The van der Waals surface area contributed by atoms with E-state index in [1.54, 1.807) is 0 Å². The van der Waals surface area contributed by atoms with Crippen LogP contribution >= 0.6 is 23.2 Å². The van der Waals surface area contributed by atoms with E-state index in [2.05, 4.69) is 16.9 Å². The van der Waals surface area contributed by atoms with Gasteiger partial charge in [-0.3, -0.25) is 0 Å². The molecule has 0 aromatic heterocycles. The third-order valence-corrected chi connectivity index (χ3v) is 3.07. The van der Waals surface area contributed by atoms with Gasteiger partial charge in [0.1, 0.15) is 0 Å². The van der Waals surface area contributed by atoms with Crippen molar-refractivity contribution < 1.29 is 9.90 Å². The number of carboxylic acids is 1. The fourth-order valence-corrected chi connectivity index (χ4v) is 1.69. The first-order valence-corrected chi connectivity index (χ1v) is 4.63. The number of benzene rings is 1. The normalized spacial score (nSPS) is 9.92. The Kier molecular flexibility index (Phi) is 3.05. The third-order valence-electron chi connectivity index (χ3n) is 1.26. The zero-order valence-electron chi connectivity index (χ0n) is 5.71. The van der Waals surface area contributed by atoms with Crippen LogP contribution in [-0.4, -0.2) is 27.9 Å². The number of rotatable bonds is 1. The molecule has 62 valence electrons. The number of hydrogen-bond donors (Lipinski definition) is 1. The summed E-state index contributed by atoms with van der Waals surface area (Å²) >= 11 is 13.4. The Bertz CT molecular complexity index is 338. The molecule has 1 aromatic carbocycles. The van der Waals surface area contributed by atoms with Crippen LogP contribution in [0.2, 0.25) is 10.0 Å². The van der Waals surface area contributed by atoms with Gasteiger partial charge in [0.15, 0.2) is 0 Å². The van der Waals surface area contributed by atoms with E-state index >= 15 is 0 Å². The maximum absolute atomic E-state index is 10.6. The minimum absolute atomic E-state index is 0.118. The molecule has 0 atom stereocenters. The molecule has 0 spiro atoms. The summed E-state index contributed by atoms with van der Waals surface area (Å²) in [4.78, 5) is 10.6. The molecule has 12 heavy (non-hydrogen) atoms. The van der Waals surface area contributed by atoms with E-state index in [4.69, 9.17) is 28.3 Å². The van der Waals surface area contributed by atoms with Gasteiger partial charge in [-0.2, -0.15) is 0 Å². The van der Waals surface area contributed by atoms with Gasteiger partial charge in [-0.05, 0) is 0 Å². The van der Waals surface area contributed by atoms with E-state index in [9.17, 15) is 4.79 Å². The fourth-order valence-electron chi connectivity index (χ4n) is 0.729. The summed E-state index contributed by atoms with van der Waals surface area (Å²) in [5.41, 5.74) is 0.118. The number of carbonyl (C=O) groups is 1. The zero-order chi connectivity index (χ0) is 9.30. The SMILES string of the molecule is O=C(O)c1cc(Cl)cc(Cl)c1[As]. The van der Waals surface area contributed by atoms with Crippen molar-refractivity contribution in [2.75, 3.05) is 0 Å². The average molecular weight is 265 g/mol. The molecule has 0 bridgehead atoms. The Balaban J connectivity index is 3.37. The van der Waals surface area contributed by atoms with Gasteiger partial charge in [0.05, 0.1) is 0 Å². The topological polar surface area (TPSA) is 37.3 Å². The Morgan fingerprint density at radius 1 is 1.42 bits per heavy atom. The van der Waals surface area contributed by atoms with Gasteiger partial charge >= 0.3 is 88.0 Å². The molecule has 0 unspecified atom stereocenters. The van der Waals surface area contributed by atoms with E-state index < -0.39 is 5.97 Å². The summed E-state index contributed by atoms with van der Waals surface area (Å²) in [7, 11) is 0. The first-order valence-electron chi connectivity index (χ1n) is 2.93. The molecule has 0 aliphatic heterocycles. The Hall–Kier alpha value is -0.172. The van der Waals surface area contributed by atoms with Crippen LogP contribution in [0.25, 0.3) is 0 Å². The molecule has 5 heteroatoms. The van der Waals surface area contributed by atoms with Crippen molar-refractivity contribution >= 4 is 50.4 Å². The summed E-state index contributed by atoms with van der Waals surface area (Å²) in [6, 6.07) is 2.87. The number of halogens is 2. The molecule has 1 aromatic rings. The zero-order valence-corrected chi connectivity index (χ0v) is 9.10. The van der Waals surface area contributed by atoms with Gasteiger partial charge < -0.3 is 0 Å². The van der Waals surface area contributed by atoms with Crippen LogP contribution in [0.4, 0.5) is 0 Å². The Morgan fingerprint density at radius 2 is 2.00 bits per heavy atom. The van der Waals surface area contributed by atoms with Crippen molar-refractivity contribution in [3.63, 3.8) is 0 Å².